The zero-order chi connectivity index (χ0) is 19.1. The van der Waals surface area contributed by atoms with Crippen LogP contribution in [-0.2, 0) is 14.3 Å². The molecule has 0 saturated heterocycles. The minimum absolute atomic E-state index is 0.198. The lowest BCUT2D eigenvalue weighted by molar-refractivity contribution is -0.123. The summed E-state index contributed by atoms with van der Waals surface area (Å²) >= 11 is 0. The van der Waals surface area contributed by atoms with Crippen LogP contribution in [-0.4, -0.2) is 31.1 Å². The van der Waals surface area contributed by atoms with Gasteiger partial charge in [-0.1, -0.05) is 6.07 Å². The minimum atomic E-state index is -1.05. The van der Waals surface area contributed by atoms with Gasteiger partial charge in [0.15, 0.2) is 6.10 Å². The smallest absolute Gasteiger partial charge is 0.338 e. The first-order valence-corrected chi connectivity index (χ1v) is 7.65. The molecule has 7 nitrogen and oxygen atoms in total. The normalized spacial score (nSPS) is 11.0. The Labute approximate surface area is 150 Å². The summed E-state index contributed by atoms with van der Waals surface area (Å²) < 4.78 is 9.70. The second-order valence-electron chi connectivity index (χ2n) is 5.30. The summed E-state index contributed by atoms with van der Waals surface area (Å²) in [5, 5.41) is 11.4. The van der Waals surface area contributed by atoms with Crippen molar-refractivity contribution < 1.29 is 23.9 Å². The second-order valence-corrected chi connectivity index (χ2v) is 5.30. The van der Waals surface area contributed by atoms with E-state index >= 15 is 0 Å². The maximum Gasteiger partial charge on any atom is 0.338 e. The predicted octanol–water partition coefficient (Wildman–Crippen LogP) is 2.53. The van der Waals surface area contributed by atoms with Gasteiger partial charge in [0.05, 0.1) is 29.9 Å². The summed E-state index contributed by atoms with van der Waals surface area (Å²) in [5.74, 6) is -1.74. The molecule has 132 valence electrons. The van der Waals surface area contributed by atoms with Gasteiger partial charge in [0.25, 0.3) is 5.91 Å². The highest BCUT2D eigenvalue weighted by Gasteiger charge is 2.19. The lowest BCUT2D eigenvalue weighted by atomic mass is 10.1. The van der Waals surface area contributed by atoms with Crippen LogP contribution < -0.4 is 5.32 Å². The molecule has 26 heavy (non-hydrogen) atoms. The molecule has 0 saturated carbocycles. The number of rotatable bonds is 5. The van der Waals surface area contributed by atoms with E-state index in [2.05, 4.69) is 10.1 Å². The van der Waals surface area contributed by atoms with E-state index < -0.39 is 23.9 Å². The third kappa shape index (κ3) is 4.68. The number of benzene rings is 2. The molecule has 0 aliphatic heterocycles. The summed E-state index contributed by atoms with van der Waals surface area (Å²) in [4.78, 5) is 35.6. The van der Waals surface area contributed by atoms with Crippen LogP contribution in [0.15, 0.2) is 48.5 Å². The van der Waals surface area contributed by atoms with Crippen molar-refractivity contribution in [1.29, 1.82) is 5.26 Å². The Morgan fingerprint density at radius 2 is 1.65 bits per heavy atom. The van der Waals surface area contributed by atoms with Crippen molar-refractivity contribution in [2.45, 2.75) is 13.0 Å². The number of hydrogen-bond acceptors (Lipinski definition) is 6. The highest BCUT2D eigenvalue weighted by molar-refractivity contribution is 5.98. The predicted molar refractivity (Wildman–Crippen MR) is 92.4 cm³/mol. The average Bonchev–Trinajstić information content (AvgIpc) is 2.67. The molecule has 0 unspecified atom stereocenters. The van der Waals surface area contributed by atoms with Gasteiger partial charge in [-0.05, 0) is 49.4 Å². The molecule has 1 amide bonds. The number of nitriles is 1. The summed E-state index contributed by atoms with van der Waals surface area (Å²) in [7, 11) is 1.26. The van der Waals surface area contributed by atoms with E-state index in [1.54, 1.807) is 18.2 Å². The molecular formula is C19H16N2O5. The monoisotopic (exact) mass is 352 g/mol. The molecule has 0 aromatic heterocycles. The summed E-state index contributed by atoms with van der Waals surface area (Å²) in [6.07, 6.45) is -1.05. The van der Waals surface area contributed by atoms with Gasteiger partial charge in [0.2, 0.25) is 0 Å². The van der Waals surface area contributed by atoms with Crippen molar-refractivity contribution in [2.24, 2.45) is 0 Å². The van der Waals surface area contributed by atoms with Gasteiger partial charge >= 0.3 is 11.9 Å². The van der Waals surface area contributed by atoms with E-state index in [9.17, 15) is 14.4 Å². The van der Waals surface area contributed by atoms with Gasteiger partial charge in [-0.3, -0.25) is 4.79 Å². The molecular weight excluding hydrogens is 336 g/mol. The Morgan fingerprint density at radius 1 is 1.04 bits per heavy atom. The number of anilines is 1. The van der Waals surface area contributed by atoms with Crippen LogP contribution in [0.4, 0.5) is 5.69 Å². The molecule has 0 bridgehead atoms. The van der Waals surface area contributed by atoms with Crippen molar-refractivity contribution in [3.05, 3.63) is 65.2 Å². The first kappa shape index (κ1) is 18.7. The van der Waals surface area contributed by atoms with Crippen LogP contribution in [0.3, 0.4) is 0 Å². The Morgan fingerprint density at radius 3 is 2.23 bits per heavy atom. The van der Waals surface area contributed by atoms with Crippen molar-refractivity contribution in [3.63, 3.8) is 0 Å². The number of carbonyl (C=O) groups is 3. The summed E-state index contributed by atoms with van der Waals surface area (Å²) in [6, 6.07) is 14.0. The van der Waals surface area contributed by atoms with E-state index in [0.29, 0.717) is 16.8 Å². The molecule has 2 aromatic rings. The van der Waals surface area contributed by atoms with E-state index in [4.69, 9.17) is 10.00 Å². The molecule has 0 aliphatic rings. The van der Waals surface area contributed by atoms with Crippen LogP contribution in [0.1, 0.15) is 33.2 Å². The Balaban J connectivity index is 1.98. The fraction of sp³-hybridized carbons (Fsp3) is 0.158. The maximum atomic E-state index is 12.1. The molecule has 0 radical (unpaired) electrons. The van der Waals surface area contributed by atoms with Gasteiger partial charge < -0.3 is 14.8 Å². The minimum Gasteiger partial charge on any atom is -0.465 e. The topological polar surface area (TPSA) is 105 Å². The van der Waals surface area contributed by atoms with E-state index in [1.807, 2.05) is 6.07 Å². The molecule has 0 aliphatic carbocycles. The van der Waals surface area contributed by atoms with Crippen LogP contribution in [0, 0.1) is 11.3 Å². The van der Waals surface area contributed by atoms with Gasteiger partial charge in [-0.15, -0.1) is 0 Å². The fourth-order valence-corrected chi connectivity index (χ4v) is 2.05. The molecule has 2 aromatic carbocycles. The first-order chi connectivity index (χ1) is 12.4. The SMILES string of the molecule is COC(=O)c1ccc(C(=O)O[C@@H](C)C(=O)Nc2cccc(C#N)c2)cc1. The summed E-state index contributed by atoms with van der Waals surface area (Å²) in [5.41, 5.74) is 1.33. The van der Waals surface area contributed by atoms with E-state index in [1.165, 1.54) is 44.4 Å². The fourth-order valence-electron chi connectivity index (χ4n) is 2.05. The molecule has 7 heteroatoms. The standard InChI is InChI=1S/C19H16N2O5/c1-12(17(22)21-16-5-3-4-13(10-16)11-20)26-19(24)15-8-6-14(7-9-15)18(23)25-2/h3-10,12H,1-2H3,(H,21,22)/t12-/m0/s1. The Kier molecular flexibility index (Phi) is 6.06. The molecule has 1 N–H and O–H groups in total. The molecule has 0 spiro atoms. The molecule has 0 fully saturated rings. The zero-order valence-electron chi connectivity index (χ0n) is 14.2. The van der Waals surface area contributed by atoms with Gasteiger partial charge in [-0.2, -0.15) is 5.26 Å². The van der Waals surface area contributed by atoms with E-state index in [-0.39, 0.29) is 5.56 Å². The highest BCUT2D eigenvalue weighted by atomic mass is 16.5. The Bertz CT molecular complexity index is 868. The molecule has 1 atom stereocenters. The number of esters is 2. The lowest BCUT2D eigenvalue weighted by Crippen LogP contribution is -2.30. The summed E-state index contributed by atoms with van der Waals surface area (Å²) in [6.45, 7) is 1.43. The van der Waals surface area contributed by atoms with Gasteiger partial charge in [0.1, 0.15) is 0 Å². The van der Waals surface area contributed by atoms with Crippen LogP contribution in [0.2, 0.25) is 0 Å². The van der Waals surface area contributed by atoms with Crippen LogP contribution in [0.5, 0.6) is 0 Å². The third-order valence-corrected chi connectivity index (χ3v) is 3.45. The Hall–Kier alpha value is -3.66. The van der Waals surface area contributed by atoms with Crippen molar-refractivity contribution in [2.75, 3.05) is 12.4 Å². The van der Waals surface area contributed by atoms with Gasteiger partial charge in [-0.25, -0.2) is 9.59 Å². The van der Waals surface area contributed by atoms with Gasteiger partial charge in [0, 0.05) is 5.69 Å². The zero-order valence-corrected chi connectivity index (χ0v) is 14.2. The number of amides is 1. The molecule has 2 rings (SSSR count). The lowest BCUT2D eigenvalue weighted by Gasteiger charge is -2.13. The maximum absolute atomic E-state index is 12.1. The van der Waals surface area contributed by atoms with Crippen molar-refractivity contribution in [1.82, 2.24) is 0 Å². The second kappa shape index (κ2) is 8.44. The van der Waals surface area contributed by atoms with E-state index in [0.717, 1.165) is 0 Å². The van der Waals surface area contributed by atoms with Crippen molar-refractivity contribution in [3.8, 4) is 6.07 Å². The average molecular weight is 352 g/mol. The first-order valence-electron chi connectivity index (χ1n) is 7.65. The number of hydrogen-bond donors (Lipinski definition) is 1. The third-order valence-electron chi connectivity index (χ3n) is 3.45. The van der Waals surface area contributed by atoms with Crippen molar-refractivity contribution >= 4 is 23.5 Å². The number of methoxy groups -OCH3 is 1. The van der Waals surface area contributed by atoms with Crippen LogP contribution >= 0.6 is 0 Å². The quantitative estimate of drug-likeness (QED) is 0.829. The highest BCUT2D eigenvalue weighted by Crippen LogP contribution is 2.12. The molecule has 0 heterocycles. The number of carbonyl (C=O) groups excluding carboxylic acids is 3. The number of ether oxygens (including phenoxy) is 2. The number of nitrogens with one attached hydrogen (secondary N) is 1. The van der Waals surface area contributed by atoms with Crippen LogP contribution in [0.25, 0.3) is 0 Å². The number of nitrogens with zero attached hydrogens (tertiary/aromatic N) is 1. The largest absolute Gasteiger partial charge is 0.465 e.